The van der Waals surface area contributed by atoms with Crippen molar-refractivity contribution >= 4 is 5.91 Å². The third-order valence-corrected chi connectivity index (χ3v) is 2.97. The molecule has 1 aromatic rings. The smallest absolute Gasteiger partial charge is 0.257 e. The van der Waals surface area contributed by atoms with E-state index in [4.69, 9.17) is 4.74 Å². The average molecular weight is 265 g/mol. The van der Waals surface area contributed by atoms with Crippen LogP contribution in [0.25, 0.3) is 0 Å². The number of hydrogen-bond acceptors (Lipinski definition) is 3. The maximum Gasteiger partial charge on any atom is 0.257 e. The summed E-state index contributed by atoms with van der Waals surface area (Å²) in [7, 11) is 0. The summed E-state index contributed by atoms with van der Waals surface area (Å²) >= 11 is 0. The summed E-state index contributed by atoms with van der Waals surface area (Å²) in [6, 6.07) is 7.72. The first kappa shape index (κ1) is 15.5. The van der Waals surface area contributed by atoms with E-state index in [1.807, 2.05) is 31.2 Å². The second kappa shape index (κ2) is 8.53. The molecule has 2 N–H and O–H groups in total. The van der Waals surface area contributed by atoms with Gasteiger partial charge < -0.3 is 15.2 Å². The van der Waals surface area contributed by atoms with Crippen molar-refractivity contribution in [3.63, 3.8) is 0 Å². The number of carbonyl (C=O) groups is 1. The number of benzene rings is 1. The number of aliphatic hydroxyl groups excluding tert-OH is 1. The van der Waals surface area contributed by atoms with Gasteiger partial charge in [-0.1, -0.05) is 26.0 Å². The van der Waals surface area contributed by atoms with Crippen LogP contribution >= 0.6 is 0 Å². The first-order valence-corrected chi connectivity index (χ1v) is 6.82. The van der Waals surface area contributed by atoms with Crippen LogP contribution in [0.5, 0.6) is 5.75 Å². The van der Waals surface area contributed by atoms with Crippen molar-refractivity contribution in [3.05, 3.63) is 29.8 Å². The van der Waals surface area contributed by atoms with Crippen LogP contribution in [0, 0.1) is 0 Å². The number of ether oxygens (including phenoxy) is 1. The van der Waals surface area contributed by atoms with Crippen LogP contribution < -0.4 is 10.1 Å². The van der Waals surface area contributed by atoms with E-state index >= 15 is 0 Å². The lowest BCUT2D eigenvalue weighted by atomic mass is 10.2. The van der Waals surface area contributed by atoms with E-state index in [0.29, 0.717) is 25.1 Å². The lowest BCUT2D eigenvalue weighted by Gasteiger charge is -2.10. The zero-order valence-corrected chi connectivity index (χ0v) is 11.7. The lowest BCUT2D eigenvalue weighted by Crippen LogP contribution is -2.31. The molecule has 4 nitrogen and oxygen atoms in total. The van der Waals surface area contributed by atoms with Crippen LogP contribution in [0.15, 0.2) is 24.3 Å². The van der Waals surface area contributed by atoms with Crippen LogP contribution in [0.3, 0.4) is 0 Å². The number of hydrogen-bond donors (Lipinski definition) is 2. The SMILES string of the molecule is CCc1ccc(OCC(=O)NCCC(O)CC)cc1. The van der Waals surface area contributed by atoms with Gasteiger partial charge in [0, 0.05) is 6.54 Å². The number of amides is 1. The molecule has 1 unspecified atom stereocenters. The molecule has 0 bridgehead atoms. The molecule has 1 aromatic carbocycles. The van der Waals surface area contributed by atoms with Gasteiger partial charge in [0.05, 0.1) is 6.10 Å². The highest BCUT2D eigenvalue weighted by atomic mass is 16.5. The second-order valence-electron chi connectivity index (χ2n) is 4.49. The fourth-order valence-electron chi connectivity index (χ4n) is 1.60. The van der Waals surface area contributed by atoms with Gasteiger partial charge in [-0.15, -0.1) is 0 Å². The standard InChI is InChI=1S/C15H23NO3/c1-3-12-5-7-14(8-6-12)19-11-15(18)16-10-9-13(17)4-2/h5-8,13,17H,3-4,9-11H2,1-2H3,(H,16,18). The zero-order chi connectivity index (χ0) is 14.1. The number of rotatable bonds is 8. The lowest BCUT2D eigenvalue weighted by molar-refractivity contribution is -0.123. The predicted molar refractivity (Wildman–Crippen MR) is 75.2 cm³/mol. The maximum absolute atomic E-state index is 11.5. The summed E-state index contributed by atoms with van der Waals surface area (Å²) in [6.45, 7) is 4.49. The number of nitrogens with one attached hydrogen (secondary N) is 1. The fourth-order valence-corrected chi connectivity index (χ4v) is 1.60. The van der Waals surface area contributed by atoms with Crippen LogP contribution in [0.1, 0.15) is 32.3 Å². The molecular formula is C15H23NO3. The third-order valence-electron chi connectivity index (χ3n) is 2.97. The fraction of sp³-hybridized carbons (Fsp3) is 0.533. The Balaban J connectivity index is 2.22. The van der Waals surface area contributed by atoms with Crippen LogP contribution in [0.4, 0.5) is 0 Å². The minimum absolute atomic E-state index is 0.00763. The Bertz CT molecular complexity index is 375. The molecule has 0 spiro atoms. The van der Waals surface area contributed by atoms with E-state index in [-0.39, 0.29) is 18.6 Å². The van der Waals surface area contributed by atoms with E-state index in [1.165, 1.54) is 5.56 Å². The summed E-state index contributed by atoms with van der Waals surface area (Å²) in [4.78, 5) is 11.5. The first-order chi connectivity index (χ1) is 9.15. The molecule has 1 rings (SSSR count). The predicted octanol–water partition coefficient (Wildman–Crippen LogP) is 1.91. The van der Waals surface area contributed by atoms with Crippen molar-refractivity contribution in [1.82, 2.24) is 5.32 Å². The van der Waals surface area contributed by atoms with E-state index in [2.05, 4.69) is 12.2 Å². The van der Waals surface area contributed by atoms with Gasteiger partial charge in [0.15, 0.2) is 6.61 Å². The topological polar surface area (TPSA) is 58.6 Å². The Morgan fingerprint density at radius 3 is 2.58 bits per heavy atom. The van der Waals surface area contributed by atoms with Crippen LogP contribution in [-0.2, 0) is 11.2 Å². The van der Waals surface area contributed by atoms with Crippen LogP contribution in [-0.4, -0.2) is 30.3 Å². The average Bonchev–Trinajstić information content (AvgIpc) is 2.45. The monoisotopic (exact) mass is 265 g/mol. The number of aryl methyl sites for hydroxylation is 1. The van der Waals surface area contributed by atoms with Crippen molar-refractivity contribution < 1.29 is 14.6 Å². The molecule has 4 heteroatoms. The molecule has 106 valence electrons. The van der Waals surface area contributed by atoms with Crippen LogP contribution in [0.2, 0.25) is 0 Å². The number of carbonyl (C=O) groups excluding carboxylic acids is 1. The molecule has 0 saturated carbocycles. The van der Waals surface area contributed by atoms with Gasteiger partial charge >= 0.3 is 0 Å². The largest absolute Gasteiger partial charge is 0.484 e. The van der Waals surface area contributed by atoms with Crippen molar-refractivity contribution in [2.75, 3.05) is 13.2 Å². The van der Waals surface area contributed by atoms with Gasteiger partial charge in [0.25, 0.3) is 5.91 Å². The third kappa shape index (κ3) is 6.25. The van der Waals surface area contributed by atoms with Crippen molar-refractivity contribution in [2.24, 2.45) is 0 Å². The molecule has 0 aliphatic heterocycles. The minimum Gasteiger partial charge on any atom is -0.484 e. The zero-order valence-electron chi connectivity index (χ0n) is 11.7. The highest BCUT2D eigenvalue weighted by Gasteiger charge is 2.04. The molecule has 0 fully saturated rings. The molecule has 0 saturated heterocycles. The molecule has 0 aromatic heterocycles. The summed E-state index contributed by atoms with van der Waals surface area (Å²) < 4.78 is 5.38. The molecule has 0 radical (unpaired) electrons. The molecule has 19 heavy (non-hydrogen) atoms. The van der Waals surface area contributed by atoms with Gasteiger partial charge in [-0.25, -0.2) is 0 Å². The van der Waals surface area contributed by atoms with Gasteiger partial charge in [-0.2, -0.15) is 0 Å². The number of aliphatic hydroxyl groups is 1. The Labute approximate surface area is 114 Å². The van der Waals surface area contributed by atoms with E-state index < -0.39 is 0 Å². The molecule has 1 atom stereocenters. The van der Waals surface area contributed by atoms with Crippen molar-refractivity contribution in [3.8, 4) is 5.75 Å². The Morgan fingerprint density at radius 2 is 2.00 bits per heavy atom. The highest BCUT2D eigenvalue weighted by molar-refractivity contribution is 5.77. The normalized spacial score (nSPS) is 11.9. The summed E-state index contributed by atoms with van der Waals surface area (Å²) in [6.07, 6.45) is 1.92. The second-order valence-corrected chi connectivity index (χ2v) is 4.49. The summed E-state index contributed by atoms with van der Waals surface area (Å²) in [5, 5.41) is 12.1. The quantitative estimate of drug-likeness (QED) is 0.755. The van der Waals surface area contributed by atoms with Gasteiger partial charge in [-0.3, -0.25) is 4.79 Å². The van der Waals surface area contributed by atoms with Gasteiger partial charge in [-0.05, 0) is 37.0 Å². The molecule has 0 aliphatic rings. The van der Waals surface area contributed by atoms with Gasteiger partial charge in [0.1, 0.15) is 5.75 Å². The van der Waals surface area contributed by atoms with E-state index in [9.17, 15) is 9.90 Å². The molecular weight excluding hydrogens is 242 g/mol. The summed E-state index contributed by atoms with van der Waals surface area (Å²) in [5.41, 5.74) is 1.24. The first-order valence-electron chi connectivity index (χ1n) is 6.82. The molecule has 0 aliphatic carbocycles. The Morgan fingerprint density at radius 1 is 1.32 bits per heavy atom. The van der Waals surface area contributed by atoms with Gasteiger partial charge in [0.2, 0.25) is 0 Å². The van der Waals surface area contributed by atoms with E-state index in [1.54, 1.807) is 0 Å². The van der Waals surface area contributed by atoms with Crippen molar-refractivity contribution in [2.45, 2.75) is 39.2 Å². The summed E-state index contributed by atoms with van der Waals surface area (Å²) in [5.74, 6) is 0.531. The maximum atomic E-state index is 11.5. The Kier molecular flexibility index (Phi) is 6.97. The van der Waals surface area contributed by atoms with Crippen molar-refractivity contribution in [1.29, 1.82) is 0 Å². The molecule has 0 heterocycles. The van der Waals surface area contributed by atoms with E-state index in [0.717, 1.165) is 6.42 Å². The highest BCUT2D eigenvalue weighted by Crippen LogP contribution is 2.12. The minimum atomic E-state index is -0.345. The molecule has 1 amide bonds. The Hall–Kier alpha value is -1.55.